The number of aromatic hydroxyl groups is 1. The van der Waals surface area contributed by atoms with E-state index in [4.69, 9.17) is 0 Å². The van der Waals surface area contributed by atoms with Crippen molar-refractivity contribution in [2.24, 2.45) is 7.05 Å². The van der Waals surface area contributed by atoms with Gasteiger partial charge in [-0.2, -0.15) is 9.37 Å². The zero-order chi connectivity index (χ0) is 25.0. The second-order valence-electron chi connectivity index (χ2n) is 9.96. The number of nitrogens with one attached hydrogen (secondary N) is 1. The minimum absolute atomic E-state index is 0.111. The molecule has 3 fully saturated rings. The third-order valence-corrected chi connectivity index (χ3v) is 7.52. The molecule has 2 aromatic heterocycles. The van der Waals surface area contributed by atoms with Gasteiger partial charge in [0, 0.05) is 36.8 Å². The van der Waals surface area contributed by atoms with Gasteiger partial charge >= 0.3 is 5.69 Å². The Balaban J connectivity index is 1.26. The molecule has 4 atom stereocenters. The number of fused-ring (bicyclic) bond motifs is 2. The third kappa shape index (κ3) is 4.11. The molecule has 0 spiro atoms. The van der Waals surface area contributed by atoms with Crippen LogP contribution in [0.3, 0.4) is 0 Å². The second kappa shape index (κ2) is 8.88. The molecule has 2 bridgehead atoms. The number of alkyl halides is 1. The molecule has 2 N–H and O–H groups in total. The fourth-order valence-electron chi connectivity index (χ4n) is 5.48. The minimum Gasteiger partial charge on any atom is -0.507 e. The van der Waals surface area contributed by atoms with Crippen LogP contribution in [0.4, 0.5) is 14.6 Å². The molecule has 36 heavy (non-hydrogen) atoms. The van der Waals surface area contributed by atoms with Gasteiger partial charge in [0.25, 0.3) is 0 Å². The molecule has 9 nitrogen and oxygen atoms in total. The first kappa shape index (κ1) is 23.0. The van der Waals surface area contributed by atoms with Gasteiger partial charge in [-0.3, -0.25) is 4.57 Å². The van der Waals surface area contributed by atoms with Crippen molar-refractivity contribution in [2.45, 2.75) is 68.9 Å². The number of phenolic OH excluding ortho intramolecular Hbond substituents is 1. The summed E-state index contributed by atoms with van der Waals surface area (Å²) in [7, 11) is 1.29. The van der Waals surface area contributed by atoms with Gasteiger partial charge in [0.15, 0.2) is 17.6 Å². The Hall–Kier alpha value is -3.47. The third-order valence-electron chi connectivity index (χ3n) is 7.52. The maximum atomic E-state index is 15.4. The Bertz CT molecular complexity index is 1350. The summed E-state index contributed by atoms with van der Waals surface area (Å²) in [5.74, 6) is -0.130. The molecule has 11 heteroatoms. The van der Waals surface area contributed by atoms with Gasteiger partial charge in [-0.25, -0.2) is 14.2 Å². The number of anilines is 1. The van der Waals surface area contributed by atoms with Crippen molar-refractivity contribution >= 4 is 5.82 Å². The maximum absolute atomic E-state index is 15.4. The Morgan fingerprint density at radius 3 is 2.69 bits per heavy atom. The highest BCUT2D eigenvalue weighted by Crippen LogP contribution is 2.39. The largest absolute Gasteiger partial charge is 0.507 e. The van der Waals surface area contributed by atoms with E-state index in [9.17, 15) is 14.3 Å². The second-order valence-corrected chi connectivity index (χ2v) is 9.96. The number of nitrogens with zero attached hydrogens (tertiary/aromatic N) is 6. The lowest BCUT2D eigenvalue weighted by Gasteiger charge is -2.47. The highest BCUT2D eigenvalue weighted by Gasteiger charge is 2.46. The van der Waals surface area contributed by atoms with E-state index in [1.165, 1.54) is 13.1 Å². The molecule has 4 heterocycles. The molecular weight excluding hydrogens is 468 g/mol. The Morgan fingerprint density at radius 2 is 2.00 bits per heavy atom. The van der Waals surface area contributed by atoms with Crippen LogP contribution in [0.25, 0.3) is 22.6 Å². The summed E-state index contributed by atoms with van der Waals surface area (Å²) in [6.07, 6.45) is 6.31. The lowest BCUT2D eigenvalue weighted by Crippen LogP contribution is -2.62. The summed E-state index contributed by atoms with van der Waals surface area (Å²) in [5.41, 5.74) is 0.0897. The van der Waals surface area contributed by atoms with Crippen LogP contribution in [0.2, 0.25) is 0 Å². The molecule has 188 valence electrons. The fraction of sp³-hybridized carbons (Fsp3) is 0.480. The number of benzene rings is 1. The molecule has 0 radical (unpaired) electrons. The van der Waals surface area contributed by atoms with Crippen molar-refractivity contribution in [3.63, 3.8) is 0 Å². The lowest BCUT2D eigenvalue weighted by atomic mass is 9.82. The highest BCUT2D eigenvalue weighted by molar-refractivity contribution is 5.71. The SMILES string of the molecule is Cn1c(F)cc(-c2ccc(-c3ncc(N(C4CC4)[C@H]4C[C@@H]5CCC[C@@H](N5)[C@H]4F)nn3)c(O)c2)nc1=O. The summed E-state index contributed by atoms with van der Waals surface area (Å²) in [5, 5.41) is 22.7. The minimum atomic E-state index is -0.978. The summed E-state index contributed by atoms with van der Waals surface area (Å²) in [4.78, 5) is 22.2. The number of halogens is 2. The smallest absolute Gasteiger partial charge is 0.350 e. The van der Waals surface area contributed by atoms with Crippen molar-refractivity contribution in [3.8, 4) is 28.4 Å². The van der Waals surface area contributed by atoms with Crippen LogP contribution < -0.4 is 15.9 Å². The molecule has 1 aromatic carbocycles. The molecular formula is C25H27F2N7O2. The predicted octanol–water partition coefficient (Wildman–Crippen LogP) is 2.73. The van der Waals surface area contributed by atoms with Crippen LogP contribution in [-0.2, 0) is 7.05 Å². The average Bonchev–Trinajstić information content (AvgIpc) is 3.71. The Kier molecular flexibility index (Phi) is 5.66. The first-order valence-corrected chi connectivity index (χ1v) is 12.3. The van der Waals surface area contributed by atoms with Gasteiger partial charge in [0.2, 0.25) is 0 Å². The average molecular weight is 496 g/mol. The van der Waals surface area contributed by atoms with E-state index in [-0.39, 0.29) is 35.4 Å². The highest BCUT2D eigenvalue weighted by atomic mass is 19.1. The number of piperidine rings is 2. The van der Waals surface area contributed by atoms with Gasteiger partial charge in [-0.1, -0.05) is 12.5 Å². The molecule has 0 unspecified atom stereocenters. The zero-order valence-corrected chi connectivity index (χ0v) is 19.8. The molecule has 1 saturated carbocycles. The van der Waals surface area contributed by atoms with E-state index in [0.717, 1.165) is 49.2 Å². The first-order valence-electron chi connectivity index (χ1n) is 12.3. The maximum Gasteiger partial charge on any atom is 0.350 e. The summed E-state index contributed by atoms with van der Waals surface area (Å²) >= 11 is 0. The predicted molar refractivity (Wildman–Crippen MR) is 129 cm³/mol. The van der Waals surface area contributed by atoms with Crippen LogP contribution in [0.15, 0.2) is 35.3 Å². The first-order chi connectivity index (χ1) is 17.4. The van der Waals surface area contributed by atoms with E-state index < -0.39 is 17.8 Å². The van der Waals surface area contributed by atoms with Crippen LogP contribution in [0.1, 0.15) is 38.5 Å². The van der Waals surface area contributed by atoms with Gasteiger partial charge in [-0.15, -0.1) is 10.2 Å². The van der Waals surface area contributed by atoms with Gasteiger partial charge < -0.3 is 15.3 Å². The molecule has 3 aromatic rings. The number of hydrogen-bond acceptors (Lipinski definition) is 8. The van der Waals surface area contributed by atoms with E-state index in [1.54, 1.807) is 18.3 Å². The fourth-order valence-corrected chi connectivity index (χ4v) is 5.48. The van der Waals surface area contributed by atoms with Gasteiger partial charge in [-0.05, 0) is 44.2 Å². The zero-order valence-electron chi connectivity index (χ0n) is 19.8. The van der Waals surface area contributed by atoms with Crippen molar-refractivity contribution in [3.05, 3.63) is 46.9 Å². The number of phenols is 1. The molecule has 3 aliphatic rings. The normalized spacial score (nSPS) is 25.5. The number of rotatable bonds is 5. The standard InChI is InChI=1S/C25H27F2N7O2/c1-33-21(26)11-18(30-25(33)36)13-5-8-16(20(35)9-13)24-28-12-22(31-32-24)34(15-6-7-15)19-10-14-3-2-4-17(29-14)23(19)27/h5,8-9,11-12,14-15,17,19,23,29,35H,2-4,6-7,10H2,1H3/t14-,17+,19-,23+/m0/s1. The van der Waals surface area contributed by atoms with Gasteiger partial charge in [0.05, 0.1) is 23.5 Å². The van der Waals surface area contributed by atoms with Crippen LogP contribution in [-0.4, -0.2) is 60.2 Å². The van der Waals surface area contributed by atoms with Crippen LogP contribution >= 0.6 is 0 Å². The van der Waals surface area contributed by atoms with E-state index in [1.807, 2.05) is 0 Å². The van der Waals surface area contributed by atoms with E-state index >= 15 is 4.39 Å². The lowest BCUT2D eigenvalue weighted by molar-refractivity contribution is 0.104. The Morgan fingerprint density at radius 1 is 1.17 bits per heavy atom. The molecule has 6 rings (SSSR count). The topological polar surface area (TPSA) is 109 Å². The quantitative estimate of drug-likeness (QED) is 0.520. The molecule has 1 aliphatic carbocycles. The monoisotopic (exact) mass is 495 g/mol. The Labute approximate surface area is 206 Å². The number of hydrogen-bond donors (Lipinski definition) is 2. The van der Waals surface area contributed by atoms with E-state index in [2.05, 4.69) is 30.4 Å². The van der Waals surface area contributed by atoms with Gasteiger partial charge in [0.1, 0.15) is 11.9 Å². The van der Waals surface area contributed by atoms with Crippen molar-refractivity contribution < 1.29 is 13.9 Å². The summed E-state index contributed by atoms with van der Waals surface area (Å²) < 4.78 is 30.2. The number of aromatic nitrogens is 5. The summed E-state index contributed by atoms with van der Waals surface area (Å²) in [6, 6.07) is 5.88. The molecule has 0 amide bonds. The molecule has 2 aliphatic heterocycles. The van der Waals surface area contributed by atoms with Crippen LogP contribution in [0.5, 0.6) is 5.75 Å². The van der Waals surface area contributed by atoms with E-state index in [0.29, 0.717) is 23.0 Å². The van der Waals surface area contributed by atoms with Crippen molar-refractivity contribution in [1.82, 2.24) is 30.0 Å². The summed E-state index contributed by atoms with van der Waals surface area (Å²) in [6.45, 7) is 0. The van der Waals surface area contributed by atoms with Crippen molar-refractivity contribution in [1.29, 1.82) is 0 Å². The van der Waals surface area contributed by atoms with Crippen LogP contribution in [0, 0.1) is 5.95 Å². The van der Waals surface area contributed by atoms with Crippen molar-refractivity contribution in [2.75, 3.05) is 4.90 Å². The molecule has 2 saturated heterocycles.